The summed E-state index contributed by atoms with van der Waals surface area (Å²) in [6.07, 6.45) is 2.08. The first-order valence-electron chi connectivity index (χ1n) is 8.28. The maximum Gasteiger partial charge on any atom is 0.273 e. The van der Waals surface area contributed by atoms with Crippen LogP contribution in [-0.4, -0.2) is 62.4 Å². The number of rotatable bonds is 6. The van der Waals surface area contributed by atoms with Crippen LogP contribution in [0, 0.1) is 6.92 Å². The molecule has 2 aromatic heterocycles. The Kier molecular flexibility index (Phi) is 5.31. The van der Waals surface area contributed by atoms with Crippen molar-refractivity contribution in [1.29, 1.82) is 0 Å². The molecule has 27 heavy (non-hydrogen) atoms. The Labute approximate surface area is 160 Å². The minimum absolute atomic E-state index is 0.0358. The van der Waals surface area contributed by atoms with Gasteiger partial charge in [-0.05, 0) is 37.0 Å². The molecule has 3 N–H and O–H groups in total. The lowest BCUT2D eigenvalue weighted by Crippen LogP contribution is -2.37. The molecule has 2 amide bonds. The van der Waals surface area contributed by atoms with Crippen molar-refractivity contribution in [2.75, 3.05) is 30.4 Å². The van der Waals surface area contributed by atoms with Gasteiger partial charge in [-0.25, -0.2) is 0 Å². The number of hydrogen-bond acceptors (Lipinski definition) is 9. The highest BCUT2D eigenvalue weighted by molar-refractivity contribution is 7.10. The zero-order chi connectivity index (χ0) is 19.6. The van der Waals surface area contributed by atoms with Gasteiger partial charge >= 0.3 is 0 Å². The van der Waals surface area contributed by atoms with Crippen molar-refractivity contribution < 1.29 is 9.59 Å². The summed E-state index contributed by atoms with van der Waals surface area (Å²) in [4.78, 5) is 31.4. The molecule has 11 heteroatoms. The van der Waals surface area contributed by atoms with Gasteiger partial charge in [0.1, 0.15) is 5.00 Å². The van der Waals surface area contributed by atoms with E-state index >= 15 is 0 Å². The number of aromatic nitrogens is 4. The number of nitrogens with one attached hydrogen (secondary N) is 1. The predicted molar refractivity (Wildman–Crippen MR) is 102 cm³/mol. The summed E-state index contributed by atoms with van der Waals surface area (Å²) in [5.41, 5.74) is 6.19. The van der Waals surface area contributed by atoms with E-state index in [-0.39, 0.29) is 23.5 Å². The van der Waals surface area contributed by atoms with Crippen molar-refractivity contribution in [2.24, 2.45) is 5.73 Å². The van der Waals surface area contributed by atoms with Crippen molar-refractivity contribution in [1.82, 2.24) is 24.5 Å². The molecule has 1 aliphatic rings. The second-order valence-electron chi connectivity index (χ2n) is 6.17. The summed E-state index contributed by atoms with van der Waals surface area (Å²) in [5, 5.41) is 11.7. The monoisotopic (exact) mass is 388 g/mol. The van der Waals surface area contributed by atoms with Crippen LogP contribution in [-0.2, 0) is 4.79 Å². The molecule has 1 unspecified atom stereocenters. The van der Waals surface area contributed by atoms with Crippen LogP contribution < -0.4 is 16.0 Å². The lowest BCUT2D eigenvalue weighted by atomic mass is 10.2. The summed E-state index contributed by atoms with van der Waals surface area (Å²) in [5.74, 6) is -0.268. The highest BCUT2D eigenvalue weighted by atomic mass is 32.1. The Morgan fingerprint density at radius 3 is 2.89 bits per heavy atom. The Morgan fingerprint density at radius 1 is 1.48 bits per heavy atom. The maximum atomic E-state index is 11.8. The number of carbonyl (C=O) groups is 2. The minimum Gasteiger partial charge on any atom is -0.364 e. The second-order valence-corrected chi connectivity index (χ2v) is 6.98. The van der Waals surface area contributed by atoms with Gasteiger partial charge in [-0.15, -0.1) is 10.2 Å². The average Bonchev–Trinajstić information content (AvgIpc) is 3.29. The third kappa shape index (κ3) is 4.03. The van der Waals surface area contributed by atoms with Gasteiger partial charge in [-0.3, -0.25) is 9.59 Å². The fraction of sp³-hybridized carbons (Fsp3) is 0.375. The molecule has 1 atom stereocenters. The minimum atomic E-state index is -0.725. The van der Waals surface area contributed by atoms with Crippen LogP contribution in [0.25, 0.3) is 0 Å². The van der Waals surface area contributed by atoms with Crippen molar-refractivity contribution in [3.63, 3.8) is 0 Å². The van der Waals surface area contributed by atoms with Crippen LogP contribution in [0.15, 0.2) is 18.7 Å². The van der Waals surface area contributed by atoms with Gasteiger partial charge in [-0.2, -0.15) is 9.36 Å². The summed E-state index contributed by atoms with van der Waals surface area (Å²) in [6.45, 7) is 6.56. The fourth-order valence-corrected chi connectivity index (χ4v) is 3.47. The SMILES string of the molecule is C=CC(=O)N1CCC(N(C)c2nnc(C(N)=O)c(Nc3cc(C)ns3)n2)C1. The number of anilines is 3. The molecule has 0 bridgehead atoms. The summed E-state index contributed by atoms with van der Waals surface area (Å²) >= 11 is 1.24. The highest BCUT2D eigenvalue weighted by Crippen LogP contribution is 2.24. The Bertz CT molecular complexity index is 883. The number of nitrogens with two attached hydrogens (primary N) is 1. The zero-order valence-corrected chi connectivity index (χ0v) is 15.9. The number of likely N-dealkylation sites (N-methyl/N-ethyl adjacent to an activating group) is 1. The first-order chi connectivity index (χ1) is 12.9. The summed E-state index contributed by atoms with van der Waals surface area (Å²) in [6, 6.07) is 1.87. The van der Waals surface area contributed by atoms with Crippen molar-refractivity contribution in [2.45, 2.75) is 19.4 Å². The zero-order valence-electron chi connectivity index (χ0n) is 15.0. The standard InChI is InChI=1S/C16H20N8O2S/c1-4-12(25)24-6-5-10(8-24)23(3)16-19-15(13(14(17)26)20-21-16)18-11-7-9(2)22-27-11/h4,7,10H,1,5-6,8H2,2-3H3,(H2,17,26)(H,18,19,21). The van der Waals surface area contributed by atoms with E-state index in [9.17, 15) is 9.59 Å². The molecule has 1 saturated heterocycles. The molecular weight excluding hydrogens is 368 g/mol. The van der Waals surface area contributed by atoms with E-state index in [2.05, 4.69) is 31.5 Å². The Morgan fingerprint density at radius 2 is 2.26 bits per heavy atom. The number of amides is 2. The molecule has 142 valence electrons. The smallest absolute Gasteiger partial charge is 0.273 e. The number of carbonyl (C=O) groups excluding carboxylic acids is 2. The van der Waals surface area contributed by atoms with E-state index in [1.165, 1.54) is 17.6 Å². The molecule has 0 aromatic carbocycles. The first kappa shape index (κ1) is 18.7. The number of aryl methyl sites for hydroxylation is 1. The molecule has 0 aliphatic carbocycles. The number of nitrogens with zero attached hydrogens (tertiary/aromatic N) is 6. The third-order valence-corrected chi connectivity index (χ3v) is 5.09. The molecule has 0 spiro atoms. The van der Waals surface area contributed by atoms with Crippen molar-refractivity contribution in [3.05, 3.63) is 30.1 Å². The molecule has 1 aliphatic heterocycles. The van der Waals surface area contributed by atoms with Crippen LogP contribution in [0.5, 0.6) is 0 Å². The van der Waals surface area contributed by atoms with E-state index < -0.39 is 5.91 Å². The van der Waals surface area contributed by atoms with Crippen LogP contribution in [0.3, 0.4) is 0 Å². The average molecular weight is 388 g/mol. The Balaban J connectivity index is 1.83. The molecule has 0 radical (unpaired) electrons. The van der Waals surface area contributed by atoms with Crippen LogP contribution in [0.2, 0.25) is 0 Å². The highest BCUT2D eigenvalue weighted by Gasteiger charge is 2.29. The summed E-state index contributed by atoms with van der Waals surface area (Å²) in [7, 11) is 1.83. The quantitative estimate of drug-likeness (QED) is 0.692. The molecule has 0 saturated carbocycles. The fourth-order valence-electron chi connectivity index (χ4n) is 2.81. The van der Waals surface area contributed by atoms with Gasteiger partial charge in [0.25, 0.3) is 5.91 Å². The second kappa shape index (κ2) is 7.66. The van der Waals surface area contributed by atoms with E-state index in [1.807, 2.05) is 24.9 Å². The molecule has 3 rings (SSSR count). The van der Waals surface area contributed by atoms with E-state index in [0.717, 1.165) is 12.1 Å². The van der Waals surface area contributed by atoms with Crippen molar-refractivity contribution in [3.8, 4) is 0 Å². The normalized spacial score (nSPS) is 16.2. The van der Waals surface area contributed by atoms with Gasteiger partial charge < -0.3 is 20.9 Å². The number of hydrogen-bond donors (Lipinski definition) is 2. The van der Waals surface area contributed by atoms with E-state index in [4.69, 9.17) is 5.73 Å². The lowest BCUT2D eigenvalue weighted by Gasteiger charge is -2.24. The maximum absolute atomic E-state index is 11.8. The largest absolute Gasteiger partial charge is 0.364 e. The molecule has 1 fully saturated rings. The summed E-state index contributed by atoms with van der Waals surface area (Å²) < 4.78 is 4.18. The molecule has 3 heterocycles. The van der Waals surface area contributed by atoms with Gasteiger partial charge in [0.2, 0.25) is 11.9 Å². The number of primary amides is 1. The van der Waals surface area contributed by atoms with Gasteiger partial charge in [-0.1, -0.05) is 6.58 Å². The van der Waals surface area contributed by atoms with Gasteiger partial charge in [0.15, 0.2) is 11.5 Å². The first-order valence-corrected chi connectivity index (χ1v) is 9.05. The predicted octanol–water partition coefficient (Wildman–Crippen LogP) is 0.702. The Hall–Kier alpha value is -3.08. The number of likely N-dealkylation sites (tertiary alicyclic amines) is 1. The third-order valence-electron chi connectivity index (χ3n) is 4.29. The van der Waals surface area contributed by atoms with Crippen molar-refractivity contribution >= 4 is 40.1 Å². The van der Waals surface area contributed by atoms with E-state index in [1.54, 1.807) is 4.90 Å². The molecular formula is C16H20N8O2S. The van der Waals surface area contributed by atoms with Gasteiger partial charge in [0, 0.05) is 20.1 Å². The lowest BCUT2D eigenvalue weighted by molar-refractivity contribution is -0.125. The molecule has 2 aromatic rings. The molecule has 10 nitrogen and oxygen atoms in total. The topological polar surface area (TPSA) is 130 Å². The van der Waals surface area contributed by atoms with Crippen LogP contribution in [0.4, 0.5) is 16.8 Å². The van der Waals surface area contributed by atoms with Crippen LogP contribution >= 0.6 is 11.5 Å². The van der Waals surface area contributed by atoms with Gasteiger partial charge in [0.05, 0.1) is 11.7 Å². The van der Waals surface area contributed by atoms with E-state index in [0.29, 0.717) is 24.0 Å². The van der Waals surface area contributed by atoms with Crippen LogP contribution in [0.1, 0.15) is 22.6 Å².